The van der Waals surface area contributed by atoms with Gasteiger partial charge in [-0.2, -0.15) is 0 Å². The maximum absolute atomic E-state index is 12.2. The van der Waals surface area contributed by atoms with Gasteiger partial charge in [-0.3, -0.25) is 4.90 Å². The van der Waals surface area contributed by atoms with E-state index in [0.29, 0.717) is 17.9 Å². The highest BCUT2D eigenvalue weighted by molar-refractivity contribution is 5.87. The molecule has 7 heteroatoms. The molecule has 1 aromatic heterocycles. The van der Waals surface area contributed by atoms with Crippen LogP contribution in [0.3, 0.4) is 0 Å². The fourth-order valence-electron chi connectivity index (χ4n) is 4.32. The number of primary amides is 1. The van der Waals surface area contributed by atoms with Crippen molar-refractivity contribution in [1.29, 1.82) is 0 Å². The van der Waals surface area contributed by atoms with E-state index in [0.717, 1.165) is 44.8 Å². The van der Waals surface area contributed by atoms with Crippen molar-refractivity contribution in [1.82, 2.24) is 10.1 Å². The zero-order valence-corrected chi connectivity index (χ0v) is 18.9. The number of methoxy groups -OCH3 is 2. The quantitative estimate of drug-likeness (QED) is 0.645. The number of hydrogen-bond donors (Lipinski definition) is 1. The van der Waals surface area contributed by atoms with Gasteiger partial charge in [0.15, 0.2) is 11.5 Å². The highest BCUT2D eigenvalue weighted by Gasteiger charge is 2.26. The SMILES string of the molecule is COc1cc2c(cc1OC)C(c1ccc(-c3c(C)noc3C)cc1)=CN(C(N)=O)C(C)C2. The van der Waals surface area contributed by atoms with E-state index in [1.54, 1.807) is 19.1 Å². The van der Waals surface area contributed by atoms with Crippen molar-refractivity contribution >= 4 is 11.6 Å². The van der Waals surface area contributed by atoms with Gasteiger partial charge in [-0.05, 0) is 61.6 Å². The third-order valence-corrected chi connectivity index (χ3v) is 5.93. The van der Waals surface area contributed by atoms with Crippen molar-refractivity contribution in [3.63, 3.8) is 0 Å². The number of carbonyl (C=O) groups is 1. The molecule has 1 aliphatic rings. The maximum atomic E-state index is 12.2. The number of aromatic nitrogens is 1. The van der Waals surface area contributed by atoms with Crippen molar-refractivity contribution in [3.8, 4) is 22.6 Å². The summed E-state index contributed by atoms with van der Waals surface area (Å²) in [5, 5.41) is 4.05. The summed E-state index contributed by atoms with van der Waals surface area (Å²) in [5.41, 5.74) is 12.4. The second kappa shape index (κ2) is 8.42. The predicted octanol–water partition coefficient (Wildman–Crippen LogP) is 4.69. The maximum Gasteiger partial charge on any atom is 0.319 e. The summed E-state index contributed by atoms with van der Waals surface area (Å²) in [4.78, 5) is 13.8. The van der Waals surface area contributed by atoms with Crippen LogP contribution in [0, 0.1) is 13.8 Å². The molecule has 1 unspecified atom stereocenters. The molecular weight excluding hydrogens is 406 g/mol. The van der Waals surface area contributed by atoms with Crippen LogP contribution < -0.4 is 15.2 Å². The Morgan fingerprint density at radius 3 is 2.28 bits per heavy atom. The van der Waals surface area contributed by atoms with Gasteiger partial charge in [0.25, 0.3) is 0 Å². The zero-order valence-electron chi connectivity index (χ0n) is 18.9. The number of amides is 2. The van der Waals surface area contributed by atoms with Crippen LogP contribution in [0.2, 0.25) is 0 Å². The fraction of sp³-hybridized carbons (Fsp3) is 0.280. The lowest BCUT2D eigenvalue weighted by Gasteiger charge is -2.22. The molecule has 166 valence electrons. The van der Waals surface area contributed by atoms with Crippen LogP contribution in [0.1, 0.15) is 35.1 Å². The normalized spacial score (nSPS) is 15.6. The molecule has 2 amide bonds. The van der Waals surface area contributed by atoms with Crippen molar-refractivity contribution in [2.24, 2.45) is 5.73 Å². The molecule has 0 saturated heterocycles. The molecule has 0 bridgehead atoms. The third-order valence-electron chi connectivity index (χ3n) is 5.93. The largest absolute Gasteiger partial charge is 0.493 e. The Labute approximate surface area is 187 Å². The number of aryl methyl sites for hydroxylation is 2. The molecule has 0 radical (unpaired) electrons. The van der Waals surface area contributed by atoms with Gasteiger partial charge in [0.05, 0.1) is 19.9 Å². The van der Waals surface area contributed by atoms with Gasteiger partial charge in [0, 0.05) is 23.4 Å². The Morgan fingerprint density at radius 1 is 1.09 bits per heavy atom. The summed E-state index contributed by atoms with van der Waals surface area (Å²) in [6, 6.07) is 11.5. The molecule has 0 fully saturated rings. The topological polar surface area (TPSA) is 90.8 Å². The third kappa shape index (κ3) is 3.70. The highest BCUT2D eigenvalue weighted by atomic mass is 16.5. The van der Waals surface area contributed by atoms with Crippen molar-refractivity contribution < 1.29 is 18.8 Å². The molecule has 2 heterocycles. The highest BCUT2D eigenvalue weighted by Crippen LogP contribution is 2.39. The van der Waals surface area contributed by atoms with Crippen molar-refractivity contribution in [2.75, 3.05) is 14.2 Å². The molecule has 1 atom stereocenters. The first-order valence-electron chi connectivity index (χ1n) is 10.4. The molecular formula is C25H27N3O4. The lowest BCUT2D eigenvalue weighted by molar-refractivity contribution is 0.213. The van der Waals surface area contributed by atoms with Gasteiger partial charge in [-0.25, -0.2) is 4.79 Å². The van der Waals surface area contributed by atoms with Crippen molar-refractivity contribution in [3.05, 3.63) is 70.7 Å². The summed E-state index contributed by atoms with van der Waals surface area (Å²) in [6.45, 7) is 5.81. The summed E-state index contributed by atoms with van der Waals surface area (Å²) in [7, 11) is 3.23. The van der Waals surface area contributed by atoms with Crippen LogP contribution in [-0.2, 0) is 6.42 Å². The molecule has 32 heavy (non-hydrogen) atoms. The summed E-state index contributed by atoms with van der Waals surface area (Å²) in [5.74, 6) is 2.06. The van der Waals surface area contributed by atoms with Crippen molar-refractivity contribution in [2.45, 2.75) is 33.2 Å². The van der Waals surface area contributed by atoms with Gasteiger partial charge < -0.3 is 19.7 Å². The summed E-state index contributed by atoms with van der Waals surface area (Å²) < 4.78 is 16.4. The molecule has 7 nitrogen and oxygen atoms in total. The van der Waals surface area contributed by atoms with Crippen LogP contribution >= 0.6 is 0 Å². The van der Waals surface area contributed by atoms with E-state index in [9.17, 15) is 4.79 Å². The lowest BCUT2D eigenvalue weighted by Crippen LogP contribution is -2.38. The number of rotatable bonds is 4. The van der Waals surface area contributed by atoms with Crippen LogP contribution in [0.15, 0.2) is 47.1 Å². The molecule has 3 aromatic rings. The van der Waals surface area contributed by atoms with Crippen LogP contribution in [0.5, 0.6) is 11.5 Å². The minimum Gasteiger partial charge on any atom is -0.493 e. The van der Waals surface area contributed by atoms with Crippen LogP contribution in [0.25, 0.3) is 16.7 Å². The van der Waals surface area contributed by atoms with Crippen LogP contribution in [0.4, 0.5) is 4.79 Å². The lowest BCUT2D eigenvalue weighted by atomic mass is 9.91. The number of hydrogen-bond acceptors (Lipinski definition) is 5. The number of ether oxygens (including phenoxy) is 2. The minimum absolute atomic E-state index is 0.108. The number of benzene rings is 2. The van der Waals surface area contributed by atoms with Gasteiger partial charge >= 0.3 is 6.03 Å². The second-order valence-electron chi connectivity index (χ2n) is 7.98. The van der Waals surface area contributed by atoms with E-state index < -0.39 is 6.03 Å². The molecule has 0 spiro atoms. The smallest absolute Gasteiger partial charge is 0.319 e. The molecule has 1 aliphatic heterocycles. The predicted molar refractivity (Wildman–Crippen MR) is 123 cm³/mol. The molecule has 0 aliphatic carbocycles. The van der Waals surface area contributed by atoms with E-state index in [2.05, 4.69) is 5.16 Å². The molecule has 2 aromatic carbocycles. The van der Waals surface area contributed by atoms with E-state index >= 15 is 0 Å². The van der Waals surface area contributed by atoms with E-state index in [1.165, 1.54) is 0 Å². The van der Waals surface area contributed by atoms with Gasteiger partial charge in [-0.1, -0.05) is 29.4 Å². The number of urea groups is 1. The minimum atomic E-state index is -0.492. The van der Waals surface area contributed by atoms with Gasteiger partial charge in [-0.15, -0.1) is 0 Å². The average Bonchev–Trinajstić information content (AvgIpc) is 3.04. The Morgan fingerprint density at radius 2 is 1.72 bits per heavy atom. The number of carbonyl (C=O) groups excluding carboxylic acids is 1. The van der Waals surface area contributed by atoms with E-state index in [-0.39, 0.29) is 6.04 Å². The first-order valence-corrected chi connectivity index (χ1v) is 10.4. The monoisotopic (exact) mass is 433 g/mol. The Hall–Kier alpha value is -3.74. The van der Waals surface area contributed by atoms with Crippen LogP contribution in [-0.4, -0.2) is 36.3 Å². The van der Waals surface area contributed by atoms with E-state index in [4.69, 9.17) is 19.7 Å². The Kier molecular flexibility index (Phi) is 5.65. The number of nitrogens with zero attached hydrogens (tertiary/aromatic N) is 2. The molecule has 2 N–H and O–H groups in total. The number of fused-ring (bicyclic) bond motifs is 1. The molecule has 0 saturated carbocycles. The number of nitrogens with two attached hydrogens (primary N) is 1. The Bertz CT molecular complexity index is 1180. The first kappa shape index (κ1) is 21.5. The Balaban J connectivity index is 1.87. The second-order valence-corrected chi connectivity index (χ2v) is 7.98. The van der Waals surface area contributed by atoms with E-state index in [1.807, 2.05) is 63.4 Å². The molecule has 4 rings (SSSR count). The summed E-state index contributed by atoms with van der Waals surface area (Å²) >= 11 is 0. The zero-order chi connectivity index (χ0) is 23.0. The summed E-state index contributed by atoms with van der Waals surface area (Å²) in [6.07, 6.45) is 2.46. The standard InChI is InChI=1S/C25H27N3O4/c1-14-10-19-11-22(30-4)23(31-5)12-20(19)21(13-28(14)25(26)29)17-6-8-18(9-7-17)24-15(2)27-32-16(24)3/h6-9,11-14H,10H2,1-5H3,(H2,26,29). The fourth-order valence-corrected chi connectivity index (χ4v) is 4.32. The van der Waals surface area contributed by atoms with Gasteiger partial charge in [0.2, 0.25) is 0 Å². The van der Waals surface area contributed by atoms with Gasteiger partial charge in [0.1, 0.15) is 5.76 Å². The first-order chi connectivity index (χ1) is 15.3. The average molecular weight is 434 g/mol.